The number of benzene rings is 2. The summed E-state index contributed by atoms with van der Waals surface area (Å²) in [5.41, 5.74) is 5.13. The second kappa shape index (κ2) is 7.61. The fourth-order valence-corrected chi connectivity index (χ4v) is 3.38. The molecule has 0 saturated carbocycles. The topological polar surface area (TPSA) is 78.5 Å². The van der Waals surface area contributed by atoms with E-state index in [2.05, 4.69) is 10.6 Å². The van der Waals surface area contributed by atoms with Crippen LogP contribution in [0, 0.1) is 13.8 Å². The molecule has 6 heteroatoms. The summed E-state index contributed by atoms with van der Waals surface area (Å²) in [6.07, 6.45) is 0.766. The predicted octanol–water partition coefficient (Wildman–Crippen LogP) is 2.58. The molecule has 2 aromatic rings. The number of hydrogen-bond acceptors (Lipinski definition) is 3. The molecular formula is C21H23N3O3. The summed E-state index contributed by atoms with van der Waals surface area (Å²) in [6, 6.07) is 11.1. The van der Waals surface area contributed by atoms with Gasteiger partial charge in [0.2, 0.25) is 11.8 Å². The van der Waals surface area contributed by atoms with Crippen molar-refractivity contribution in [2.45, 2.75) is 27.2 Å². The Hall–Kier alpha value is -3.15. The van der Waals surface area contributed by atoms with Gasteiger partial charge in [0.15, 0.2) is 0 Å². The first-order valence-electron chi connectivity index (χ1n) is 8.91. The lowest BCUT2D eigenvalue weighted by atomic mass is 10.1. The number of carbonyl (C=O) groups is 3. The highest BCUT2D eigenvalue weighted by Crippen LogP contribution is 2.30. The van der Waals surface area contributed by atoms with Crippen LogP contribution in [0.5, 0.6) is 0 Å². The number of amides is 3. The lowest BCUT2D eigenvalue weighted by molar-refractivity contribution is -0.116. The van der Waals surface area contributed by atoms with Crippen LogP contribution in [-0.2, 0) is 16.0 Å². The van der Waals surface area contributed by atoms with Gasteiger partial charge in [-0.2, -0.15) is 0 Å². The summed E-state index contributed by atoms with van der Waals surface area (Å²) >= 11 is 0. The Bertz CT molecular complexity index is 901. The van der Waals surface area contributed by atoms with E-state index >= 15 is 0 Å². The zero-order valence-corrected chi connectivity index (χ0v) is 15.8. The standard InChI is InChI=1S/C21H23N3O3/c1-13-8-14(2)10-17(9-13)21(27)22-12-20(26)23-18-4-5-19-16(11-18)6-7-24(19)15(3)25/h4-5,8-11H,6-7,12H2,1-3H3,(H,22,27)(H,23,26). The highest BCUT2D eigenvalue weighted by molar-refractivity contribution is 6.00. The molecule has 0 bridgehead atoms. The van der Waals surface area contributed by atoms with Crippen molar-refractivity contribution in [2.24, 2.45) is 0 Å². The van der Waals surface area contributed by atoms with Crippen LogP contribution in [0.1, 0.15) is 34.0 Å². The van der Waals surface area contributed by atoms with Gasteiger partial charge in [-0.15, -0.1) is 0 Å². The number of nitrogens with one attached hydrogen (secondary N) is 2. The molecule has 27 heavy (non-hydrogen) atoms. The van der Waals surface area contributed by atoms with Crippen molar-refractivity contribution in [3.05, 3.63) is 58.7 Å². The normalized spacial score (nSPS) is 12.5. The molecule has 0 fully saturated rings. The van der Waals surface area contributed by atoms with Gasteiger partial charge in [-0.05, 0) is 56.2 Å². The SMILES string of the molecule is CC(=O)N1CCc2cc(NC(=O)CNC(=O)c3cc(C)cc(C)c3)ccc21. The van der Waals surface area contributed by atoms with Crippen molar-refractivity contribution >= 4 is 29.1 Å². The third-order valence-corrected chi connectivity index (χ3v) is 4.53. The first-order chi connectivity index (χ1) is 12.8. The molecule has 0 unspecified atom stereocenters. The van der Waals surface area contributed by atoms with Gasteiger partial charge in [0, 0.05) is 30.4 Å². The van der Waals surface area contributed by atoms with Crippen molar-refractivity contribution in [1.82, 2.24) is 5.32 Å². The van der Waals surface area contributed by atoms with E-state index in [9.17, 15) is 14.4 Å². The van der Waals surface area contributed by atoms with E-state index in [1.54, 1.807) is 30.0 Å². The fourth-order valence-electron chi connectivity index (χ4n) is 3.38. The molecule has 6 nitrogen and oxygen atoms in total. The van der Waals surface area contributed by atoms with Gasteiger partial charge in [0.05, 0.1) is 6.54 Å². The van der Waals surface area contributed by atoms with E-state index in [0.717, 1.165) is 28.8 Å². The maximum Gasteiger partial charge on any atom is 0.251 e. The van der Waals surface area contributed by atoms with E-state index in [-0.39, 0.29) is 24.3 Å². The number of nitrogens with zero attached hydrogens (tertiary/aromatic N) is 1. The van der Waals surface area contributed by atoms with E-state index in [0.29, 0.717) is 17.8 Å². The second-order valence-corrected chi connectivity index (χ2v) is 6.87. The van der Waals surface area contributed by atoms with Gasteiger partial charge in [0.25, 0.3) is 5.91 Å². The van der Waals surface area contributed by atoms with Gasteiger partial charge in [-0.1, -0.05) is 17.2 Å². The van der Waals surface area contributed by atoms with E-state index < -0.39 is 0 Å². The smallest absolute Gasteiger partial charge is 0.251 e. The number of rotatable bonds is 4. The number of anilines is 2. The lowest BCUT2D eigenvalue weighted by Crippen LogP contribution is -2.33. The lowest BCUT2D eigenvalue weighted by Gasteiger charge is -2.15. The van der Waals surface area contributed by atoms with Crippen molar-refractivity contribution in [1.29, 1.82) is 0 Å². The molecule has 3 amide bonds. The van der Waals surface area contributed by atoms with Gasteiger partial charge >= 0.3 is 0 Å². The summed E-state index contributed by atoms with van der Waals surface area (Å²) < 4.78 is 0. The van der Waals surface area contributed by atoms with Gasteiger partial charge in [-0.25, -0.2) is 0 Å². The van der Waals surface area contributed by atoms with Crippen molar-refractivity contribution < 1.29 is 14.4 Å². The highest BCUT2D eigenvalue weighted by atomic mass is 16.2. The third kappa shape index (κ3) is 4.34. The van der Waals surface area contributed by atoms with E-state index in [1.807, 2.05) is 32.0 Å². The zero-order valence-electron chi connectivity index (χ0n) is 15.8. The average molecular weight is 365 g/mol. The molecule has 0 spiro atoms. The summed E-state index contributed by atoms with van der Waals surface area (Å²) in [5, 5.41) is 5.43. The van der Waals surface area contributed by atoms with E-state index in [4.69, 9.17) is 0 Å². The molecule has 1 heterocycles. The number of hydrogen-bond donors (Lipinski definition) is 2. The number of carbonyl (C=O) groups excluding carboxylic acids is 3. The summed E-state index contributed by atoms with van der Waals surface area (Å²) in [7, 11) is 0. The van der Waals surface area contributed by atoms with Crippen LogP contribution in [-0.4, -0.2) is 30.8 Å². The minimum Gasteiger partial charge on any atom is -0.343 e. The molecule has 0 aliphatic carbocycles. The van der Waals surface area contributed by atoms with Crippen molar-refractivity contribution in [3.8, 4) is 0 Å². The maximum absolute atomic E-state index is 12.2. The zero-order chi connectivity index (χ0) is 19.6. The summed E-state index contributed by atoms with van der Waals surface area (Å²) in [5.74, 6) is -0.559. The van der Waals surface area contributed by atoms with Gasteiger partial charge in [0.1, 0.15) is 0 Å². The van der Waals surface area contributed by atoms with Crippen LogP contribution in [0.15, 0.2) is 36.4 Å². The van der Waals surface area contributed by atoms with Crippen LogP contribution in [0.3, 0.4) is 0 Å². The van der Waals surface area contributed by atoms with Gasteiger partial charge < -0.3 is 15.5 Å². The first-order valence-corrected chi connectivity index (χ1v) is 8.91. The fraction of sp³-hybridized carbons (Fsp3) is 0.286. The average Bonchev–Trinajstić information content (AvgIpc) is 3.02. The highest BCUT2D eigenvalue weighted by Gasteiger charge is 2.22. The Morgan fingerprint density at radius 2 is 1.74 bits per heavy atom. The quantitative estimate of drug-likeness (QED) is 0.874. The van der Waals surface area contributed by atoms with Crippen molar-refractivity contribution in [3.63, 3.8) is 0 Å². The van der Waals surface area contributed by atoms with Crippen LogP contribution in [0.25, 0.3) is 0 Å². The summed E-state index contributed by atoms with van der Waals surface area (Å²) in [6.45, 7) is 5.95. The Labute approximate surface area is 158 Å². The first kappa shape index (κ1) is 18.6. The van der Waals surface area contributed by atoms with Crippen LogP contribution < -0.4 is 15.5 Å². The van der Waals surface area contributed by atoms with Crippen molar-refractivity contribution in [2.75, 3.05) is 23.3 Å². The number of aryl methyl sites for hydroxylation is 2. The summed E-state index contributed by atoms with van der Waals surface area (Å²) in [4.78, 5) is 37.7. The predicted molar refractivity (Wildman–Crippen MR) is 105 cm³/mol. The molecule has 0 saturated heterocycles. The Kier molecular flexibility index (Phi) is 5.26. The van der Waals surface area contributed by atoms with Crippen LogP contribution in [0.4, 0.5) is 11.4 Å². The Balaban J connectivity index is 1.58. The molecule has 3 rings (SSSR count). The molecule has 140 valence electrons. The largest absolute Gasteiger partial charge is 0.343 e. The molecule has 2 aromatic carbocycles. The number of fused-ring (bicyclic) bond motifs is 1. The molecule has 2 N–H and O–H groups in total. The molecule has 1 aliphatic rings. The third-order valence-electron chi connectivity index (χ3n) is 4.53. The molecule has 1 aliphatic heterocycles. The minimum atomic E-state index is -0.297. The molecule has 0 radical (unpaired) electrons. The van der Waals surface area contributed by atoms with Crippen LogP contribution >= 0.6 is 0 Å². The molecule has 0 aromatic heterocycles. The Morgan fingerprint density at radius 3 is 2.41 bits per heavy atom. The molecular weight excluding hydrogens is 342 g/mol. The second-order valence-electron chi connectivity index (χ2n) is 6.87. The van der Waals surface area contributed by atoms with Gasteiger partial charge in [-0.3, -0.25) is 14.4 Å². The molecule has 0 atom stereocenters. The maximum atomic E-state index is 12.2. The monoisotopic (exact) mass is 365 g/mol. The van der Waals surface area contributed by atoms with Crippen LogP contribution in [0.2, 0.25) is 0 Å². The Morgan fingerprint density at radius 1 is 1.04 bits per heavy atom. The minimum absolute atomic E-state index is 0.0135. The van der Waals surface area contributed by atoms with E-state index in [1.165, 1.54) is 0 Å².